The minimum Gasteiger partial charge on any atom is -0.356 e. The minimum absolute atomic E-state index is 0. The summed E-state index contributed by atoms with van der Waals surface area (Å²) < 4.78 is 0. The molecule has 0 aromatic carbocycles. The zero-order chi connectivity index (χ0) is 7.15. The fourth-order valence-electron chi connectivity index (χ4n) is 0. The molecule has 0 bridgehead atoms. The van der Waals surface area contributed by atoms with E-state index in [0.717, 1.165) is 0 Å². The third kappa shape index (κ3) is 189. The molecule has 10 heavy (non-hydrogen) atoms. The van der Waals surface area contributed by atoms with Crippen LogP contribution in [0.3, 0.4) is 0 Å². The zero-order valence-corrected chi connectivity index (χ0v) is 5.35. The minimum atomic E-state index is -1.75. The van der Waals surface area contributed by atoms with Crippen molar-refractivity contribution >= 4 is 0 Å². The largest absolute Gasteiger partial charge is 2.00 e. The van der Waals surface area contributed by atoms with Crippen LogP contribution in [0.4, 0.5) is 0 Å². The summed E-state index contributed by atoms with van der Waals surface area (Å²) in [6.07, 6.45) is 0. The second-order valence-electron chi connectivity index (χ2n) is 0.447. The molecule has 0 aliphatic carbocycles. The van der Waals surface area contributed by atoms with Crippen LogP contribution in [0.15, 0.2) is 0 Å². The monoisotopic (exact) mass is 193 g/mol. The van der Waals surface area contributed by atoms with Gasteiger partial charge in [0.25, 0.3) is 0 Å². The van der Waals surface area contributed by atoms with Crippen LogP contribution >= 0.6 is 0 Å². The van der Waals surface area contributed by atoms with Crippen molar-refractivity contribution in [3.63, 3.8) is 0 Å². The fourth-order valence-corrected chi connectivity index (χ4v) is 0. The Balaban J connectivity index is -0.0000000300. The Morgan fingerprint density at radius 3 is 0.800 bits per heavy atom. The number of nitrogens with zero attached hydrogens (tertiary/aromatic N) is 3. The summed E-state index contributed by atoms with van der Waals surface area (Å²) in [6, 6.07) is 0. The molecule has 0 aromatic heterocycles. The van der Waals surface area contributed by atoms with E-state index in [9.17, 15) is 0 Å². The van der Waals surface area contributed by atoms with Gasteiger partial charge in [-0.3, -0.25) is 0 Å². The van der Waals surface area contributed by atoms with Gasteiger partial charge in [0.15, 0.2) is 0 Å². The van der Waals surface area contributed by atoms with Gasteiger partial charge < -0.3 is 30.6 Å². The van der Waals surface area contributed by atoms with Crippen LogP contribution in [-0.4, -0.2) is 10.2 Å². The van der Waals surface area contributed by atoms with Crippen LogP contribution in [0.2, 0.25) is 0 Å². The van der Waals surface area contributed by atoms with Gasteiger partial charge in [-0.2, -0.15) is 0 Å². The number of rotatable bonds is 0. The van der Waals surface area contributed by atoms with Crippen molar-refractivity contribution < 1.29 is 27.2 Å². The van der Waals surface area contributed by atoms with Crippen LogP contribution in [-0.2, 0) is 17.1 Å². The molecule has 0 N–H and O–H groups in total. The maximum absolute atomic E-state index is 8.25. The van der Waals surface area contributed by atoms with Crippen LogP contribution in [0.5, 0.6) is 0 Å². The van der Waals surface area contributed by atoms with Gasteiger partial charge in [-0.1, -0.05) is 0 Å². The van der Waals surface area contributed by atoms with E-state index in [-0.39, 0.29) is 23.2 Å². The Bertz CT molecular complexity index is 71.0. The smallest absolute Gasteiger partial charge is 0.356 e. The molecule has 0 unspecified atom stereocenters. The van der Waals surface area contributed by atoms with Crippen molar-refractivity contribution in [3.05, 3.63) is 30.6 Å². The molecule has 0 fully saturated rings. The van der Waals surface area contributed by atoms with E-state index in [0.29, 0.717) is 0 Å². The third-order valence-electron chi connectivity index (χ3n) is 0. The van der Waals surface area contributed by atoms with Gasteiger partial charge in [0, 0.05) is 6.15 Å². The maximum Gasteiger partial charge on any atom is 2.00 e. The van der Waals surface area contributed by atoms with Crippen molar-refractivity contribution in [1.82, 2.24) is 6.15 Å². The summed E-state index contributed by atoms with van der Waals surface area (Å²) >= 11 is 0. The van der Waals surface area contributed by atoms with Crippen LogP contribution in [0, 0.1) is 30.6 Å². The standard InChI is InChI=1S/Mn.2NO3.N/c;2*2-1(3)4;/q+2;2*-1;. The Kier molecular flexibility index (Phi) is 36.3. The van der Waals surface area contributed by atoms with Gasteiger partial charge in [-0.05, 0) is 0 Å². The molecule has 0 rings (SSSR count). The molecular weight excluding hydrogens is 193 g/mol. The Labute approximate surface area is 64.9 Å². The van der Waals surface area contributed by atoms with Crippen molar-refractivity contribution in [3.8, 4) is 0 Å². The molecule has 9 nitrogen and oxygen atoms in total. The van der Waals surface area contributed by atoms with Gasteiger partial charge in [0.1, 0.15) is 0 Å². The molecule has 0 saturated carbocycles. The molecule has 4 radical (unpaired) electrons. The SMILES string of the molecule is O=[N+]([O-])[O-].O=[N+]([O-])[O-].[Mn+2].[N]. The van der Waals surface area contributed by atoms with Crippen LogP contribution in [0.1, 0.15) is 0 Å². The maximum atomic E-state index is 8.25. The summed E-state index contributed by atoms with van der Waals surface area (Å²) in [5, 5.41) is 29.5. The first-order valence-electron chi connectivity index (χ1n) is 1.10. The Morgan fingerprint density at radius 1 is 0.800 bits per heavy atom. The van der Waals surface area contributed by atoms with Gasteiger partial charge in [-0.25, -0.2) is 0 Å². The van der Waals surface area contributed by atoms with Crippen molar-refractivity contribution in [2.24, 2.45) is 0 Å². The quantitative estimate of drug-likeness (QED) is 0.273. The molecule has 0 aliphatic rings. The van der Waals surface area contributed by atoms with E-state index in [2.05, 4.69) is 0 Å². The normalized spacial score (nSPS) is 4.80. The topological polar surface area (TPSA) is 163 Å². The van der Waals surface area contributed by atoms with Crippen molar-refractivity contribution in [2.45, 2.75) is 0 Å². The van der Waals surface area contributed by atoms with Gasteiger partial charge in [0.2, 0.25) is 0 Å². The van der Waals surface area contributed by atoms with Gasteiger partial charge in [0.05, 0.1) is 10.2 Å². The van der Waals surface area contributed by atoms with E-state index < -0.39 is 10.2 Å². The first-order valence-corrected chi connectivity index (χ1v) is 1.10. The molecule has 0 amide bonds. The number of hydrogen-bond acceptors (Lipinski definition) is 6. The van der Waals surface area contributed by atoms with Crippen molar-refractivity contribution in [2.75, 3.05) is 0 Å². The summed E-state index contributed by atoms with van der Waals surface area (Å²) in [4.78, 5) is 16.5. The van der Waals surface area contributed by atoms with E-state index in [4.69, 9.17) is 30.6 Å². The van der Waals surface area contributed by atoms with Gasteiger partial charge >= 0.3 is 17.1 Å². The second-order valence-corrected chi connectivity index (χ2v) is 0.447. The molecule has 0 atom stereocenters. The zero-order valence-electron chi connectivity index (χ0n) is 4.17. The van der Waals surface area contributed by atoms with Crippen molar-refractivity contribution in [1.29, 1.82) is 0 Å². The molecule has 0 heterocycles. The average Bonchev–Trinajstić information content (AvgIpc) is 1.25. The van der Waals surface area contributed by atoms with E-state index >= 15 is 0 Å². The Hall–Kier alpha value is -1.12. The molecule has 10 heteroatoms. The summed E-state index contributed by atoms with van der Waals surface area (Å²) in [7, 11) is 0. The third-order valence-corrected chi connectivity index (χ3v) is 0. The predicted molar refractivity (Wildman–Crippen MR) is 22.9 cm³/mol. The first-order chi connectivity index (χ1) is 3.46. The molecule has 0 spiro atoms. The molecule has 58 valence electrons. The predicted octanol–water partition coefficient (Wildman–Crippen LogP) is -0.961. The summed E-state index contributed by atoms with van der Waals surface area (Å²) in [5.74, 6) is 0. The number of hydrogen-bond donors (Lipinski definition) is 0. The van der Waals surface area contributed by atoms with Crippen LogP contribution in [0.25, 0.3) is 0 Å². The van der Waals surface area contributed by atoms with Crippen LogP contribution < -0.4 is 6.15 Å². The fraction of sp³-hybridized carbons (Fsp3) is 0. The first kappa shape index (κ1) is 23.2. The molecule has 0 aromatic rings. The van der Waals surface area contributed by atoms with E-state index in [1.165, 1.54) is 0 Å². The van der Waals surface area contributed by atoms with Gasteiger partial charge in [-0.15, -0.1) is 0 Å². The summed E-state index contributed by atoms with van der Waals surface area (Å²) in [6.45, 7) is 0. The molecule has 0 aliphatic heterocycles. The Morgan fingerprint density at radius 2 is 0.800 bits per heavy atom. The van der Waals surface area contributed by atoms with E-state index in [1.54, 1.807) is 0 Å². The molecular formula is MnN3O6. The summed E-state index contributed by atoms with van der Waals surface area (Å²) in [5.41, 5.74) is 0. The van der Waals surface area contributed by atoms with E-state index in [1.807, 2.05) is 0 Å². The molecule has 0 saturated heterocycles. The second kappa shape index (κ2) is 15.7. The average molecular weight is 193 g/mol.